The zero-order valence-electron chi connectivity index (χ0n) is 16.0. The summed E-state index contributed by atoms with van der Waals surface area (Å²) in [6.07, 6.45) is -3.24. The molecule has 1 fully saturated rings. The summed E-state index contributed by atoms with van der Waals surface area (Å²) in [5, 5.41) is 10.8. The summed E-state index contributed by atoms with van der Waals surface area (Å²) < 4.78 is 49.2. The molecule has 0 aromatic carbocycles. The van der Waals surface area contributed by atoms with Crippen molar-refractivity contribution < 1.29 is 27.4 Å². The third-order valence-electron chi connectivity index (χ3n) is 4.18. The average Bonchev–Trinajstić information content (AvgIpc) is 3.23. The maximum absolute atomic E-state index is 12.6. The number of aryl methyl sites for hydroxylation is 1. The Morgan fingerprint density at radius 3 is 2.57 bits per heavy atom. The molecule has 1 saturated heterocycles. The van der Waals surface area contributed by atoms with Crippen molar-refractivity contribution in [3.05, 3.63) is 23.5 Å². The van der Waals surface area contributed by atoms with Crippen LogP contribution in [0.25, 0.3) is 0 Å². The highest BCUT2D eigenvalue weighted by atomic mass is 19.4. The van der Waals surface area contributed by atoms with E-state index in [1.54, 1.807) is 10.7 Å². The molecule has 1 aliphatic rings. The quantitative estimate of drug-likeness (QED) is 0.849. The van der Waals surface area contributed by atoms with Crippen LogP contribution in [0.2, 0.25) is 0 Å². The second-order valence-corrected chi connectivity index (χ2v) is 7.53. The molecule has 2 aromatic rings. The predicted octanol–water partition coefficient (Wildman–Crippen LogP) is 3.37. The van der Waals surface area contributed by atoms with Gasteiger partial charge in [-0.1, -0.05) is 0 Å². The van der Waals surface area contributed by atoms with Gasteiger partial charge in [0.1, 0.15) is 17.6 Å². The number of nitrogens with one attached hydrogen (secondary N) is 1. The predicted molar refractivity (Wildman–Crippen MR) is 93.0 cm³/mol. The van der Waals surface area contributed by atoms with Crippen molar-refractivity contribution in [3.8, 4) is 5.88 Å². The third-order valence-corrected chi connectivity index (χ3v) is 4.18. The number of amides is 1. The van der Waals surface area contributed by atoms with E-state index >= 15 is 0 Å². The second kappa shape index (κ2) is 7.12. The van der Waals surface area contributed by atoms with Gasteiger partial charge in [0.05, 0.1) is 11.2 Å². The first-order chi connectivity index (χ1) is 12.9. The van der Waals surface area contributed by atoms with Crippen molar-refractivity contribution in [1.29, 1.82) is 0 Å². The molecule has 3 rings (SSSR count). The molecule has 0 unspecified atom stereocenters. The van der Waals surface area contributed by atoms with Crippen LogP contribution in [0, 0.1) is 0 Å². The second-order valence-electron chi connectivity index (χ2n) is 7.53. The molecule has 3 heterocycles. The Labute approximate surface area is 159 Å². The van der Waals surface area contributed by atoms with Crippen molar-refractivity contribution in [3.63, 3.8) is 0 Å². The SMILES string of the molecule is Cn1nc(OC(F)(F)F)cc1C(=O)Nc1cc([C@H]2CCCO2)nn1C(C)(C)C. The molecule has 8 nitrogen and oxygen atoms in total. The van der Waals surface area contributed by atoms with Gasteiger partial charge in [0.25, 0.3) is 5.91 Å². The number of carbonyl (C=O) groups is 1. The number of aromatic nitrogens is 4. The maximum Gasteiger partial charge on any atom is 0.574 e. The van der Waals surface area contributed by atoms with Crippen molar-refractivity contribution in [2.45, 2.75) is 51.6 Å². The molecule has 2 aromatic heterocycles. The number of hydrogen-bond donors (Lipinski definition) is 1. The van der Waals surface area contributed by atoms with E-state index in [1.807, 2.05) is 20.8 Å². The monoisotopic (exact) mass is 401 g/mol. The Morgan fingerprint density at radius 2 is 2.00 bits per heavy atom. The lowest BCUT2D eigenvalue weighted by Gasteiger charge is -2.22. The summed E-state index contributed by atoms with van der Waals surface area (Å²) in [6, 6.07) is 2.66. The summed E-state index contributed by atoms with van der Waals surface area (Å²) in [6.45, 7) is 6.43. The number of hydrogen-bond acceptors (Lipinski definition) is 5. The zero-order chi connectivity index (χ0) is 20.7. The average molecular weight is 401 g/mol. The number of anilines is 1. The van der Waals surface area contributed by atoms with E-state index in [0.29, 0.717) is 18.1 Å². The summed E-state index contributed by atoms with van der Waals surface area (Å²) in [4.78, 5) is 12.6. The topological polar surface area (TPSA) is 83.2 Å². The fourth-order valence-electron chi connectivity index (χ4n) is 2.97. The molecule has 0 aliphatic carbocycles. The van der Waals surface area contributed by atoms with Gasteiger partial charge in [-0.05, 0) is 33.6 Å². The number of nitrogens with zero attached hydrogens (tertiary/aromatic N) is 4. The summed E-state index contributed by atoms with van der Waals surface area (Å²) in [7, 11) is 1.36. The molecule has 1 amide bonds. The summed E-state index contributed by atoms with van der Waals surface area (Å²) in [5.74, 6) is -0.914. The van der Waals surface area contributed by atoms with Crippen LogP contribution in [0.15, 0.2) is 12.1 Å². The van der Waals surface area contributed by atoms with Crippen LogP contribution in [0.5, 0.6) is 5.88 Å². The molecule has 28 heavy (non-hydrogen) atoms. The largest absolute Gasteiger partial charge is 0.574 e. The number of rotatable bonds is 4. The van der Waals surface area contributed by atoms with Gasteiger partial charge in [-0.3, -0.25) is 9.48 Å². The maximum atomic E-state index is 12.6. The van der Waals surface area contributed by atoms with Gasteiger partial charge in [-0.15, -0.1) is 18.3 Å². The number of alkyl halides is 3. The molecule has 0 saturated carbocycles. The molecule has 11 heteroatoms. The van der Waals surface area contributed by atoms with Crippen molar-refractivity contribution in [2.24, 2.45) is 7.05 Å². The fourth-order valence-corrected chi connectivity index (χ4v) is 2.97. The highest BCUT2D eigenvalue weighted by Crippen LogP contribution is 2.32. The Bertz CT molecular complexity index is 860. The summed E-state index contributed by atoms with van der Waals surface area (Å²) in [5.41, 5.74) is 0.185. The fraction of sp³-hybridized carbons (Fsp3) is 0.588. The van der Waals surface area contributed by atoms with E-state index < -0.39 is 23.7 Å². The molecule has 1 N–H and O–H groups in total. The van der Waals surface area contributed by atoms with E-state index in [-0.39, 0.29) is 11.8 Å². The molecule has 0 spiro atoms. The van der Waals surface area contributed by atoms with Gasteiger partial charge in [0, 0.05) is 25.8 Å². The minimum Gasteiger partial charge on any atom is -0.386 e. The van der Waals surface area contributed by atoms with E-state index in [2.05, 4.69) is 20.3 Å². The van der Waals surface area contributed by atoms with Crippen LogP contribution in [0.3, 0.4) is 0 Å². The Morgan fingerprint density at radius 1 is 1.29 bits per heavy atom. The Hall–Kier alpha value is -2.56. The minimum absolute atomic E-state index is 0.0837. The first kappa shape index (κ1) is 20.2. The Kier molecular flexibility index (Phi) is 5.13. The summed E-state index contributed by atoms with van der Waals surface area (Å²) >= 11 is 0. The van der Waals surface area contributed by atoms with Gasteiger partial charge in [0.2, 0.25) is 5.88 Å². The molecule has 0 radical (unpaired) electrons. The molecule has 1 aliphatic heterocycles. The molecule has 0 bridgehead atoms. The van der Waals surface area contributed by atoms with E-state index in [0.717, 1.165) is 23.6 Å². The number of ether oxygens (including phenoxy) is 2. The Balaban J connectivity index is 1.85. The van der Waals surface area contributed by atoms with Crippen LogP contribution in [-0.2, 0) is 17.3 Å². The van der Waals surface area contributed by atoms with Crippen LogP contribution >= 0.6 is 0 Å². The first-order valence-corrected chi connectivity index (χ1v) is 8.77. The van der Waals surface area contributed by atoms with Crippen LogP contribution in [0.1, 0.15) is 55.9 Å². The van der Waals surface area contributed by atoms with Gasteiger partial charge in [0.15, 0.2) is 0 Å². The molecular weight excluding hydrogens is 379 g/mol. The van der Waals surface area contributed by atoms with E-state index in [4.69, 9.17) is 4.74 Å². The van der Waals surface area contributed by atoms with Gasteiger partial charge < -0.3 is 14.8 Å². The van der Waals surface area contributed by atoms with Crippen LogP contribution in [0.4, 0.5) is 19.0 Å². The third kappa shape index (κ3) is 4.46. The molecule has 1 atom stereocenters. The normalized spacial score (nSPS) is 17.8. The van der Waals surface area contributed by atoms with Crippen LogP contribution < -0.4 is 10.1 Å². The van der Waals surface area contributed by atoms with Crippen molar-refractivity contribution >= 4 is 11.7 Å². The highest BCUT2D eigenvalue weighted by Gasteiger charge is 2.33. The van der Waals surface area contributed by atoms with Crippen molar-refractivity contribution in [2.75, 3.05) is 11.9 Å². The zero-order valence-corrected chi connectivity index (χ0v) is 16.0. The highest BCUT2D eigenvalue weighted by molar-refractivity contribution is 6.02. The van der Waals surface area contributed by atoms with E-state index in [9.17, 15) is 18.0 Å². The van der Waals surface area contributed by atoms with Gasteiger partial charge in [-0.25, -0.2) is 4.68 Å². The first-order valence-electron chi connectivity index (χ1n) is 8.77. The van der Waals surface area contributed by atoms with E-state index in [1.165, 1.54) is 7.05 Å². The number of halogens is 3. The lowest BCUT2D eigenvalue weighted by molar-refractivity contribution is -0.276. The molecular formula is C17H22F3N5O3. The van der Waals surface area contributed by atoms with Crippen LogP contribution in [-0.4, -0.2) is 38.4 Å². The number of carbonyl (C=O) groups excluding carboxylic acids is 1. The lowest BCUT2D eigenvalue weighted by Crippen LogP contribution is -2.27. The smallest absolute Gasteiger partial charge is 0.386 e. The lowest BCUT2D eigenvalue weighted by atomic mass is 10.1. The standard InChI is InChI=1S/C17H22F3N5O3/c1-16(2,3)25-13(8-10(22-25)12-6-5-7-27-12)21-15(26)11-9-14(23-24(11)4)28-17(18,19)20/h8-9,12H,5-7H2,1-4H3,(H,21,26)/t12-/m1/s1. The van der Waals surface area contributed by atoms with Gasteiger partial charge >= 0.3 is 6.36 Å². The minimum atomic E-state index is -4.89. The van der Waals surface area contributed by atoms with Gasteiger partial charge in [-0.2, -0.15) is 5.10 Å². The van der Waals surface area contributed by atoms with Crippen molar-refractivity contribution in [1.82, 2.24) is 19.6 Å². The molecule has 154 valence electrons.